The summed E-state index contributed by atoms with van der Waals surface area (Å²) >= 11 is 0. The van der Waals surface area contributed by atoms with E-state index in [1.54, 1.807) is 13.8 Å². The van der Waals surface area contributed by atoms with Crippen molar-refractivity contribution in [3.63, 3.8) is 0 Å². The van der Waals surface area contributed by atoms with Crippen molar-refractivity contribution in [1.29, 1.82) is 0 Å². The predicted octanol–water partition coefficient (Wildman–Crippen LogP) is -0.592. The normalized spacial score (nSPS) is 24.0. The first-order chi connectivity index (χ1) is 5.52. The van der Waals surface area contributed by atoms with Crippen LogP contribution in [-0.2, 0) is 4.74 Å². The van der Waals surface area contributed by atoms with Gasteiger partial charge in [0.25, 0.3) is 0 Å². The molecule has 4 heteroatoms. The SMILES string of the molecule is CC(C)(O)C(O)N1CCOCC1. The van der Waals surface area contributed by atoms with Crippen molar-refractivity contribution < 1.29 is 14.9 Å². The van der Waals surface area contributed by atoms with Crippen molar-refractivity contribution >= 4 is 0 Å². The molecule has 0 radical (unpaired) electrons. The van der Waals surface area contributed by atoms with Gasteiger partial charge in [-0.15, -0.1) is 0 Å². The molecule has 0 bridgehead atoms. The Morgan fingerprint density at radius 2 is 1.83 bits per heavy atom. The molecule has 1 aliphatic rings. The molecule has 0 aliphatic carbocycles. The molecule has 72 valence electrons. The van der Waals surface area contributed by atoms with Crippen LogP contribution in [0.25, 0.3) is 0 Å². The maximum Gasteiger partial charge on any atom is 0.136 e. The van der Waals surface area contributed by atoms with Gasteiger partial charge in [-0.25, -0.2) is 0 Å². The van der Waals surface area contributed by atoms with E-state index in [1.165, 1.54) is 0 Å². The Morgan fingerprint density at radius 1 is 1.33 bits per heavy atom. The van der Waals surface area contributed by atoms with E-state index in [4.69, 9.17) is 4.74 Å². The largest absolute Gasteiger partial charge is 0.386 e. The Hall–Kier alpha value is -0.160. The van der Waals surface area contributed by atoms with Crippen LogP contribution in [-0.4, -0.2) is 53.2 Å². The lowest BCUT2D eigenvalue weighted by Gasteiger charge is -2.37. The van der Waals surface area contributed by atoms with Gasteiger partial charge in [0.1, 0.15) is 6.23 Å². The Kier molecular flexibility index (Phi) is 3.06. The van der Waals surface area contributed by atoms with E-state index in [2.05, 4.69) is 0 Å². The Labute approximate surface area is 72.7 Å². The zero-order valence-electron chi connectivity index (χ0n) is 7.66. The molecule has 1 fully saturated rings. The average Bonchev–Trinajstić information content (AvgIpc) is 2.03. The lowest BCUT2D eigenvalue weighted by molar-refractivity contribution is -0.151. The molecule has 0 aromatic rings. The standard InChI is InChI=1S/C8H17NO3/c1-8(2,11)7(10)9-3-5-12-6-4-9/h7,10-11H,3-6H2,1-2H3. The second-order valence-electron chi connectivity index (χ2n) is 3.68. The number of aliphatic hydroxyl groups is 2. The van der Waals surface area contributed by atoms with Gasteiger partial charge in [-0.1, -0.05) is 0 Å². The second kappa shape index (κ2) is 3.70. The van der Waals surface area contributed by atoms with Gasteiger partial charge >= 0.3 is 0 Å². The summed E-state index contributed by atoms with van der Waals surface area (Å²) in [6.07, 6.45) is -0.790. The van der Waals surface area contributed by atoms with Crippen LogP contribution in [0.4, 0.5) is 0 Å². The summed E-state index contributed by atoms with van der Waals surface area (Å²) < 4.78 is 5.13. The molecular weight excluding hydrogens is 158 g/mol. The number of ether oxygens (including phenoxy) is 1. The number of hydrogen-bond acceptors (Lipinski definition) is 4. The molecule has 1 atom stereocenters. The van der Waals surface area contributed by atoms with Crippen molar-refractivity contribution in [3.8, 4) is 0 Å². The average molecular weight is 175 g/mol. The van der Waals surface area contributed by atoms with Crippen LogP contribution < -0.4 is 0 Å². The van der Waals surface area contributed by atoms with Crippen molar-refractivity contribution in [1.82, 2.24) is 4.90 Å². The third-order valence-electron chi connectivity index (χ3n) is 2.02. The highest BCUT2D eigenvalue weighted by molar-refractivity contribution is 4.78. The van der Waals surface area contributed by atoms with Crippen molar-refractivity contribution in [3.05, 3.63) is 0 Å². The van der Waals surface area contributed by atoms with Crippen LogP contribution in [0.3, 0.4) is 0 Å². The molecule has 2 N–H and O–H groups in total. The number of aliphatic hydroxyl groups excluding tert-OH is 1. The van der Waals surface area contributed by atoms with E-state index < -0.39 is 11.8 Å². The highest BCUT2D eigenvalue weighted by Gasteiger charge is 2.30. The summed E-state index contributed by atoms with van der Waals surface area (Å²) in [4.78, 5) is 1.82. The number of hydrogen-bond donors (Lipinski definition) is 2. The summed E-state index contributed by atoms with van der Waals surface area (Å²) in [5, 5.41) is 19.1. The minimum Gasteiger partial charge on any atom is -0.386 e. The Balaban J connectivity index is 2.45. The van der Waals surface area contributed by atoms with E-state index >= 15 is 0 Å². The van der Waals surface area contributed by atoms with E-state index in [1.807, 2.05) is 4.90 Å². The molecule has 1 heterocycles. The number of rotatable bonds is 2. The summed E-state index contributed by atoms with van der Waals surface area (Å²) in [6.45, 7) is 5.84. The van der Waals surface area contributed by atoms with E-state index in [0.29, 0.717) is 26.3 Å². The van der Waals surface area contributed by atoms with Crippen LogP contribution in [0.2, 0.25) is 0 Å². The minimum absolute atomic E-state index is 0.632. The summed E-state index contributed by atoms with van der Waals surface area (Å²) in [5.41, 5.74) is -1.06. The smallest absolute Gasteiger partial charge is 0.136 e. The van der Waals surface area contributed by atoms with Crippen LogP contribution >= 0.6 is 0 Å². The third kappa shape index (κ3) is 2.42. The highest BCUT2D eigenvalue weighted by Crippen LogP contribution is 2.13. The molecule has 1 rings (SSSR count). The topological polar surface area (TPSA) is 52.9 Å². The van der Waals surface area contributed by atoms with E-state index in [0.717, 1.165) is 0 Å². The van der Waals surface area contributed by atoms with E-state index in [-0.39, 0.29) is 0 Å². The van der Waals surface area contributed by atoms with Gasteiger partial charge in [0.05, 0.1) is 18.8 Å². The molecule has 0 amide bonds. The van der Waals surface area contributed by atoms with E-state index in [9.17, 15) is 10.2 Å². The third-order valence-corrected chi connectivity index (χ3v) is 2.02. The monoisotopic (exact) mass is 175 g/mol. The molecular formula is C8H17NO3. The van der Waals surface area contributed by atoms with Gasteiger partial charge in [-0.05, 0) is 13.8 Å². The lowest BCUT2D eigenvalue weighted by atomic mass is 10.1. The molecule has 1 unspecified atom stereocenters. The zero-order chi connectivity index (χ0) is 9.19. The molecule has 0 spiro atoms. The highest BCUT2D eigenvalue weighted by atomic mass is 16.5. The van der Waals surface area contributed by atoms with Crippen LogP contribution in [0.15, 0.2) is 0 Å². The van der Waals surface area contributed by atoms with Gasteiger partial charge in [0, 0.05) is 13.1 Å². The lowest BCUT2D eigenvalue weighted by Crippen LogP contribution is -2.53. The van der Waals surface area contributed by atoms with Gasteiger partial charge in [0.15, 0.2) is 0 Å². The van der Waals surface area contributed by atoms with Crippen molar-refractivity contribution in [2.75, 3.05) is 26.3 Å². The molecule has 0 saturated carbocycles. The summed E-state index contributed by atoms with van der Waals surface area (Å²) in [6, 6.07) is 0. The molecule has 4 nitrogen and oxygen atoms in total. The number of morpholine rings is 1. The fourth-order valence-electron chi connectivity index (χ4n) is 1.27. The second-order valence-corrected chi connectivity index (χ2v) is 3.68. The van der Waals surface area contributed by atoms with Crippen molar-refractivity contribution in [2.24, 2.45) is 0 Å². The Bertz CT molecular complexity index is 138. The van der Waals surface area contributed by atoms with Gasteiger partial charge < -0.3 is 14.9 Å². The Morgan fingerprint density at radius 3 is 2.25 bits per heavy atom. The molecule has 12 heavy (non-hydrogen) atoms. The molecule has 0 aromatic heterocycles. The first-order valence-electron chi connectivity index (χ1n) is 4.24. The van der Waals surface area contributed by atoms with Crippen LogP contribution in [0.5, 0.6) is 0 Å². The zero-order valence-corrected chi connectivity index (χ0v) is 7.66. The quantitative estimate of drug-likeness (QED) is 0.589. The van der Waals surface area contributed by atoms with Gasteiger partial charge in [-0.2, -0.15) is 0 Å². The first kappa shape index (κ1) is 9.92. The molecule has 1 saturated heterocycles. The van der Waals surface area contributed by atoms with Gasteiger partial charge in [0.2, 0.25) is 0 Å². The fourth-order valence-corrected chi connectivity index (χ4v) is 1.27. The van der Waals surface area contributed by atoms with Gasteiger partial charge in [-0.3, -0.25) is 4.90 Å². The number of nitrogens with zero attached hydrogens (tertiary/aromatic N) is 1. The predicted molar refractivity (Wildman–Crippen MR) is 44.7 cm³/mol. The maximum absolute atomic E-state index is 9.63. The minimum atomic E-state index is -1.06. The summed E-state index contributed by atoms with van der Waals surface area (Å²) in [7, 11) is 0. The van der Waals surface area contributed by atoms with Crippen LogP contribution in [0, 0.1) is 0 Å². The molecule has 0 aromatic carbocycles. The van der Waals surface area contributed by atoms with Crippen LogP contribution in [0.1, 0.15) is 13.8 Å². The van der Waals surface area contributed by atoms with Crippen molar-refractivity contribution in [2.45, 2.75) is 25.7 Å². The maximum atomic E-state index is 9.63. The summed E-state index contributed by atoms with van der Waals surface area (Å²) in [5.74, 6) is 0. The molecule has 1 aliphatic heterocycles. The fraction of sp³-hybridized carbons (Fsp3) is 1.00. The first-order valence-corrected chi connectivity index (χ1v) is 4.24.